The summed E-state index contributed by atoms with van der Waals surface area (Å²) in [6.07, 6.45) is 1.13. The first kappa shape index (κ1) is 25.9. The lowest BCUT2D eigenvalue weighted by molar-refractivity contribution is -0.0962. The van der Waals surface area contributed by atoms with Gasteiger partial charge in [-0.25, -0.2) is 0 Å². The van der Waals surface area contributed by atoms with Crippen molar-refractivity contribution in [1.29, 1.82) is 0 Å². The van der Waals surface area contributed by atoms with Crippen LogP contribution >= 0.6 is 0 Å². The Kier molecular flexibility index (Phi) is 6.29. The number of aryl methyl sites for hydroxylation is 1. The number of ether oxygens (including phenoxy) is 1. The maximum Gasteiger partial charge on any atom is 0.196 e. The van der Waals surface area contributed by atoms with Crippen molar-refractivity contribution in [2.45, 2.75) is 43.5 Å². The number of aromatic hydroxyl groups is 3. The molecule has 9 heteroatoms. The number of phenols is 3. The summed E-state index contributed by atoms with van der Waals surface area (Å²) >= 11 is 0. The predicted molar refractivity (Wildman–Crippen MR) is 145 cm³/mol. The molecular weight excluding hydrogens is 516 g/mol. The van der Waals surface area contributed by atoms with Gasteiger partial charge in [-0.1, -0.05) is 35.9 Å². The Morgan fingerprint density at radius 1 is 1.00 bits per heavy atom. The molecule has 4 aromatic rings. The van der Waals surface area contributed by atoms with Gasteiger partial charge in [0.15, 0.2) is 11.0 Å². The summed E-state index contributed by atoms with van der Waals surface area (Å²) in [6, 6.07) is 14.0. The van der Waals surface area contributed by atoms with Gasteiger partial charge in [0.2, 0.25) is 0 Å². The first-order valence-electron chi connectivity index (χ1n) is 13.0. The number of rotatable bonds is 5. The van der Waals surface area contributed by atoms with E-state index in [2.05, 4.69) is 6.07 Å². The SMILES string of the molecule is O=c1cc(C(O)c2cc(O)cc(O)c2)oc2cc3c(c(O)c12)CC(O)C(CO)(CC1=Cc2ccccc2CC1)O3. The first-order valence-corrected chi connectivity index (χ1v) is 13.0. The molecule has 0 radical (unpaired) electrons. The summed E-state index contributed by atoms with van der Waals surface area (Å²) in [5.74, 6) is -1.02. The highest BCUT2D eigenvalue weighted by molar-refractivity contribution is 5.87. The van der Waals surface area contributed by atoms with Crippen LogP contribution in [0.3, 0.4) is 0 Å². The van der Waals surface area contributed by atoms with Crippen LogP contribution in [0.25, 0.3) is 17.0 Å². The number of hydrogen-bond donors (Lipinski definition) is 6. The highest BCUT2D eigenvalue weighted by Gasteiger charge is 2.46. The van der Waals surface area contributed by atoms with Gasteiger partial charge >= 0.3 is 0 Å². The molecule has 1 aromatic heterocycles. The van der Waals surface area contributed by atoms with Crippen LogP contribution in [0, 0.1) is 0 Å². The van der Waals surface area contributed by atoms with E-state index in [1.165, 1.54) is 23.8 Å². The minimum absolute atomic E-state index is 0.0616. The van der Waals surface area contributed by atoms with Crippen molar-refractivity contribution in [2.24, 2.45) is 0 Å². The Balaban J connectivity index is 1.39. The molecule has 0 fully saturated rings. The van der Waals surface area contributed by atoms with Crippen LogP contribution in [-0.4, -0.2) is 49.0 Å². The van der Waals surface area contributed by atoms with E-state index >= 15 is 0 Å². The summed E-state index contributed by atoms with van der Waals surface area (Å²) in [7, 11) is 0. The Morgan fingerprint density at radius 3 is 2.50 bits per heavy atom. The second kappa shape index (κ2) is 9.71. The van der Waals surface area contributed by atoms with Gasteiger partial charge in [-0.3, -0.25) is 4.79 Å². The van der Waals surface area contributed by atoms with Gasteiger partial charge in [0.1, 0.15) is 51.9 Å². The predicted octanol–water partition coefficient (Wildman–Crippen LogP) is 3.44. The molecule has 40 heavy (non-hydrogen) atoms. The monoisotopic (exact) mass is 544 g/mol. The van der Waals surface area contributed by atoms with Gasteiger partial charge in [-0.15, -0.1) is 0 Å². The van der Waals surface area contributed by atoms with Gasteiger partial charge < -0.3 is 39.8 Å². The normalized spacial score (nSPS) is 20.8. The minimum atomic E-state index is -1.51. The van der Waals surface area contributed by atoms with Gasteiger partial charge in [0.25, 0.3) is 0 Å². The quantitative estimate of drug-likeness (QED) is 0.221. The number of hydrogen-bond acceptors (Lipinski definition) is 9. The highest BCUT2D eigenvalue weighted by atomic mass is 16.5. The summed E-state index contributed by atoms with van der Waals surface area (Å²) in [5.41, 5.74) is 1.52. The lowest BCUT2D eigenvalue weighted by atomic mass is 9.80. The number of fused-ring (bicyclic) bond motifs is 3. The van der Waals surface area contributed by atoms with Crippen LogP contribution in [0.2, 0.25) is 0 Å². The summed E-state index contributed by atoms with van der Waals surface area (Å²) in [4.78, 5) is 13.0. The van der Waals surface area contributed by atoms with E-state index in [1.54, 1.807) is 0 Å². The van der Waals surface area contributed by atoms with Crippen LogP contribution in [0.5, 0.6) is 23.0 Å². The maximum atomic E-state index is 13.0. The van der Waals surface area contributed by atoms with Crippen molar-refractivity contribution < 1.29 is 39.8 Å². The van der Waals surface area contributed by atoms with Crippen molar-refractivity contribution in [1.82, 2.24) is 0 Å². The molecule has 3 atom stereocenters. The van der Waals surface area contributed by atoms with Gasteiger partial charge in [0.05, 0.1) is 6.61 Å². The molecule has 0 saturated carbocycles. The number of benzene rings is 3. The fraction of sp³-hybridized carbons (Fsp3) is 0.258. The topological polar surface area (TPSA) is 161 Å². The summed E-state index contributed by atoms with van der Waals surface area (Å²) < 4.78 is 12.0. The molecule has 0 amide bonds. The molecule has 206 valence electrons. The standard InChI is InChI=1S/C31H28O9/c32-15-31(14-16-5-6-17-3-1-2-4-18(17)7-16)27(36)11-22-24(40-31)13-25-28(30(22)38)23(35)12-26(39-25)29(37)19-8-20(33)10-21(34)9-19/h1-4,7-10,12-13,27,29,32-34,36-38H,5-6,11,14-15H2. The van der Waals surface area contributed by atoms with E-state index in [0.29, 0.717) is 0 Å². The minimum Gasteiger partial charge on any atom is -0.508 e. The first-order chi connectivity index (χ1) is 19.2. The number of aliphatic hydroxyl groups is 3. The largest absolute Gasteiger partial charge is 0.508 e. The van der Waals surface area contributed by atoms with Gasteiger partial charge in [-0.2, -0.15) is 0 Å². The Morgan fingerprint density at radius 2 is 1.75 bits per heavy atom. The van der Waals surface area contributed by atoms with E-state index in [9.17, 15) is 35.4 Å². The molecule has 6 rings (SSSR count). The molecule has 2 aliphatic rings. The Hall–Kier alpha value is -4.31. The van der Waals surface area contributed by atoms with E-state index in [4.69, 9.17) is 9.15 Å². The van der Waals surface area contributed by atoms with Crippen molar-refractivity contribution in [3.63, 3.8) is 0 Å². The van der Waals surface area contributed by atoms with Gasteiger partial charge in [-0.05, 0) is 41.7 Å². The van der Waals surface area contributed by atoms with Crippen LogP contribution in [0.15, 0.2) is 69.4 Å². The zero-order valence-corrected chi connectivity index (χ0v) is 21.4. The van der Waals surface area contributed by atoms with E-state index in [1.807, 2.05) is 24.3 Å². The molecule has 2 heterocycles. The molecule has 6 N–H and O–H groups in total. The summed E-state index contributed by atoms with van der Waals surface area (Å²) in [6.45, 7) is -0.491. The van der Waals surface area contributed by atoms with E-state index in [0.717, 1.165) is 36.1 Å². The third-order valence-electron chi connectivity index (χ3n) is 7.83. The van der Waals surface area contributed by atoms with Crippen molar-refractivity contribution >= 4 is 17.0 Å². The molecular formula is C31H28O9. The Bertz CT molecular complexity index is 1700. The fourth-order valence-corrected chi connectivity index (χ4v) is 5.73. The zero-order valence-electron chi connectivity index (χ0n) is 21.4. The van der Waals surface area contributed by atoms with Crippen LogP contribution in [0.1, 0.15) is 47.0 Å². The lowest BCUT2D eigenvalue weighted by Crippen LogP contribution is -2.54. The molecule has 0 saturated heterocycles. The highest BCUT2D eigenvalue weighted by Crippen LogP contribution is 2.45. The molecule has 3 aromatic carbocycles. The zero-order chi connectivity index (χ0) is 28.2. The fourth-order valence-electron chi connectivity index (χ4n) is 5.73. The number of aliphatic hydroxyl groups excluding tert-OH is 3. The molecule has 0 spiro atoms. The maximum absolute atomic E-state index is 13.0. The van der Waals surface area contributed by atoms with Crippen molar-refractivity contribution in [2.75, 3.05) is 6.61 Å². The Labute approximate surface area is 228 Å². The average Bonchev–Trinajstić information content (AvgIpc) is 2.92. The lowest BCUT2D eigenvalue weighted by Gasteiger charge is -2.42. The molecule has 3 unspecified atom stereocenters. The molecule has 1 aliphatic carbocycles. The van der Waals surface area contributed by atoms with Crippen molar-refractivity contribution in [3.05, 3.63) is 98.4 Å². The van der Waals surface area contributed by atoms with Gasteiger partial charge in [0, 0.05) is 36.6 Å². The molecule has 9 nitrogen and oxygen atoms in total. The average molecular weight is 545 g/mol. The van der Waals surface area contributed by atoms with Crippen LogP contribution in [-0.2, 0) is 12.8 Å². The molecule has 1 aliphatic heterocycles. The van der Waals surface area contributed by atoms with E-state index < -0.39 is 35.6 Å². The summed E-state index contributed by atoms with van der Waals surface area (Å²) in [5, 5.41) is 62.9. The second-order valence-corrected chi connectivity index (χ2v) is 10.5. The second-order valence-electron chi connectivity index (χ2n) is 10.5. The van der Waals surface area contributed by atoms with Crippen LogP contribution in [0.4, 0.5) is 0 Å². The van der Waals surface area contributed by atoms with Crippen LogP contribution < -0.4 is 10.2 Å². The van der Waals surface area contributed by atoms with Crippen molar-refractivity contribution in [3.8, 4) is 23.0 Å². The van der Waals surface area contributed by atoms with E-state index in [-0.39, 0.29) is 57.9 Å². The third kappa shape index (κ3) is 4.38. The number of phenolic OH excluding ortho intramolecular Hbond substituents is 3. The third-order valence-corrected chi connectivity index (χ3v) is 7.83. The smallest absolute Gasteiger partial charge is 0.196 e. The molecule has 0 bridgehead atoms.